The molecule has 0 saturated carbocycles. The molecule has 1 fully saturated rings. The standard InChI is InChI=1S/C10H14N4O2/c1-10(7-16-6-8(10)13)9(15)14(4-2-11)5-3-12/h8H,4-7,13H2,1H3. The van der Waals surface area contributed by atoms with Crippen molar-refractivity contribution in [3.05, 3.63) is 0 Å². The first kappa shape index (κ1) is 12.4. The highest BCUT2D eigenvalue weighted by atomic mass is 16.5. The quantitative estimate of drug-likeness (QED) is 0.631. The Morgan fingerprint density at radius 2 is 2.12 bits per heavy atom. The number of nitrogens with two attached hydrogens (primary N) is 1. The van der Waals surface area contributed by atoms with Gasteiger partial charge >= 0.3 is 0 Å². The van der Waals surface area contributed by atoms with Crippen molar-refractivity contribution in [3.8, 4) is 12.1 Å². The van der Waals surface area contributed by atoms with Crippen molar-refractivity contribution in [2.45, 2.75) is 13.0 Å². The smallest absolute Gasteiger partial charge is 0.234 e. The zero-order valence-corrected chi connectivity index (χ0v) is 9.14. The van der Waals surface area contributed by atoms with Gasteiger partial charge in [-0.2, -0.15) is 10.5 Å². The second kappa shape index (κ2) is 4.93. The molecule has 0 spiro atoms. The Bertz CT molecular complexity index is 341. The SMILES string of the molecule is CC1(C(=O)N(CC#N)CC#N)COCC1N. The molecule has 1 aliphatic heterocycles. The van der Waals surface area contributed by atoms with E-state index in [1.54, 1.807) is 6.92 Å². The second-order valence-corrected chi connectivity index (χ2v) is 4.02. The van der Waals surface area contributed by atoms with E-state index in [4.69, 9.17) is 21.0 Å². The van der Waals surface area contributed by atoms with E-state index in [1.807, 2.05) is 12.1 Å². The van der Waals surface area contributed by atoms with Crippen LogP contribution >= 0.6 is 0 Å². The van der Waals surface area contributed by atoms with Gasteiger partial charge in [-0.3, -0.25) is 4.79 Å². The third kappa shape index (κ3) is 2.13. The summed E-state index contributed by atoms with van der Waals surface area (Å²) in [5.74, 6) is -0.291. The minimum absolute atomic E-state index is 0.102. The predicted octanol–water partition coefficient (Wildman–Crippen LogP) is -0.774. The maximum Gasteiger partial charge on any atom is 0.234 e. The van der Waals surface area contributed by atoms with Gasteiger partial charge in [0, 0.05) is 6.04 Å². The zero-order valence-electron chi connectivity index (χ0n) is 9.14. The average molecular weight is 222 g/mol. The van der Waals surface area contributed by atoms with Gasteiger partial charge in [0.25, 0.3) is 0 Å². The molecule has 0 aromatic carbocycles. The van der Waals surface area contributed by atoms with E-state index < -0.39 is 5.41 Å². The Balaban J connectivity index is 2.82. The zero-order chi connectivity index (χ0) is 12.2. The van der Waals surface area contributed by atoms with Gasteiger partial charge in [0.2, 0.25) is 5.91 Å². The largest absolute Gasteiger partial charge is 0.379 e. The van der Waals surface area contributed by atoms with Gasteiger partial charge in [0.05, 0.1) is 30.8 Å². The number of hydrogen-bond acceptors (Lipinski definition) is 5. The van der Waals surface area contributed by atoms with Crippen LogP contribution in [-0.2, 0) is 9.53 Å². The summed E-state index contributed by atoms with van der Waals surface area (Å²) in [6.45, 7) is 2.06. The van der Waals surface area contributed by atoms with Gasteiger partial charge < -0.3 is 15.4 Å². The van der Waals surface area contributed by atoms with Crippen molar-refractivity contribution in [2.75, 3.05) is 26.3 Å². The van der Waals surface area contributed by atoms with Gasteiger partial charge in [0.1, 0.15) is 13.1 Å². The number of nitrogens with zero attached hydrogens (tertiary/aromatic N) is 3. The first-order valence-electron chi connectivity index (χ1n) is 4.93. The fraction of sp³-hybridized carbons (Fsp3) is 0.700. The molecule has 2 atom stereocenters. The van der Waals surface area contributed by atoms with Gasteiger partial charge in [0.15, 0.2) is 0 Å². The summed E-state index contributed by atoms with van der Waals surface area (Å²) in [6, 6.07) is 3.33. The van der Waals surface area contributed by atoms with Crippen LogP contribution in [0.3, 0.4) is 0 Å². The van der Waals surface area contributed by atoms with E-state index in [9.17, 15) is 4.79 Å². The molecule has 0 aromatic rings. The summed E-state index contributed by atoms with van der Waals surface area (Å²) in [5, 5.41) is 17.2. The Morgan fingerprint density at radius 1 is 1.56 bits per heavy atom. The molecule has 0 radical (unpaired) electrons. The molecule has 2 unspecified atom stereocenters. The number of ether oxygens (including phenoxy) is 1. The van der Waals surface area contributed by atoms with Crippen LogP contribution in [0.4, 0.5) is 0 Å². The number of amides is 1. The molecule has 1 rings (SSSR count). The molecule has 1 saturated heterocycles. The van der Waals surface area contributed by atoms with Crippen LogP contribution in [-0.4, -0.2) is 43.2 Å². The second-order valence-electron chi connectivity index (χ2n) is 4.02. The van der Waals surface area contributed by atoms with Crippen LogP contribution in [0, 0.1) is 28.1 Å². The highest BCUT2D eigenvalue weighted by Crippen LogP contribution is 2.29. The fourth-order valence-corrected chi connectivity index (χ4v) is 1.64. The summed E-state index contributed by atoms with van der Waals surface area (Å²) < 4.78 is 5.16. The maximum absolute atomic E-state index is 12.1. The van der Waals surface area contributed by atoms with Crippen molar-refractivity contribution >= 4 is 5.91 Å². The van der Waals surface area contributed by atoms with Crippen molar-refractivity contribution in [2.24, 2.45) is 11.1 Å². The minimum Gasteiger partial charge on any atom is -0.379 e. The van der Waals surface area contributed by atoms with Crippen molar-refractivity contribution < 1.29 is 9.53 Å². The lowest BCUT2D eigenvalue weighted by atomic mass is 9.84. The van der Waals surface area contributed by atoms with Crippen LogP contribution in [0.25, 0.3) is 0 Å². The van der Waals surface area contributed by atoms with Crippen LogP contribution in [0.15, 0.2) is 0 Å². The van der Waals surface area contributed by atoms with E-state index in [-0.39, 0.29) is 31.6 Å². The molecular weight excluding hydrogens is 208 g/mol. The van der Waals surface area contributed by atoms with E-state index in [0.29, 0.717) is 6.61 Å². The lowest BCUT2D eigenvalue weighted by molar-refractivity contribution is -0.140. The van der Waals surface area contributed by atoms with Gasteiger partial charge in [-0.1, -0.05) is 0 Å². The van der Waals surface area contributed by atoms with E-state index in [0.717, 1.165) is 0 Å². The van der Waals surface area contributed by atoms with E-state index in [1.165, 1.54) is 4.90 Å². The molecule has 0 aliphatic carbocycles. The molecule has 1 heterocycles. The Hall–Kier alpha value is -1.63. The van der Waals surface area contributed by atoms with Crippen LogP contribution in [0.5, 0.6) is 0 Å². The van der Waals surface area contributed by atoms with Crippen molar-refractivity contribution in [1.29, 1.82) is 10.5 Å². The molecule has 6 heteroatoms. The first-order valence-corrected chi connectivity index (χ1v) is 4.93. The molecule has 2 N–H and O–H groups in total. The predicted molar refractivity (Wildman–Crippen MR) is 54.7 cm³/mol. The maximum atomic E-state index is 12.1. The third-order valence-corrected chi connectivity index (χ3v) is 2.82. The molecule has 16 heavy (non-hydrogen) atoms. The van der Waals surface area contributed by atoms with Gasteiger partial charge in [-0.25, -0.2) is 0 Å². The molecule has 1 aliphatic rings. The molecule has 0 bridgehead atoms. The Morgan fingerprint density at radius 3 is 2.50 bits per heavy atom. The van der Waals surface area contributed by atoms with Crippen molar-refractivity contribution in [3.63, 3.8) is 0 Å². The van der Waals surface area contributed by atoms with Crippen LogP contribution in [0.2, 0.25) is 0 Å². The number of nitriles is 2. The fourth-order valence-electron chi connectivity index (χ4n) is 1.64. The monoisotopic (exact) mass is 222 g/mol. The average Bonchev–Trinajstić information content (AvgIpc) is 2.59. The molecule has 6 nitrogen and oxygen atoms in total. The highest BCUT2D eigenvalue weighted by Gasteiger charge is 2.46. The highest BCUT2D eigenvalue weighted by molar-refractivity contribution is 5.84. The minimum atomic E-state index is -0.826. The van der Waals surface area contributed by atoms with Crippen LogP contribution in [0.1, 0.15) is 6.92 Å². The van der Waals surface area contributed by atoms with E-state index in [2.05, 4.69) is 0 Å². The normalized spacial score (nSPS) is 28.1. The molecule has 0 aromatic heterocycles. The number of hydrogen-bond donors (Lipinski definition) is 1. The summed E-state index contributed by atoms with van der Waals surface area (Å²) >= 11 is 0. The van der Waals surface area contributed by atoms with Crippen LogP contribution < -0.4 is 5.73 Å². The summed E-state index contributed by atoms with van der Waals surface area (Å²) in [7, 11) is 0. The van der Waals surface area contributed by atoms with E-state index >= 15 is 0 Å². The lowest BCUT2D eigenvalue weighted by Crippen LogP contribution is -2.51. The van der Waals surface area contributed by atoms with Crippen molar-refractivity contribution in [1.82, 2.24) is 4.90 Å². The number of carbonyl (C=O) groups excluding carboxylic acids is 1. The first-order chi connectivity index (χ1) is 7.56. The summed E-state index contributed by atoms with van der Waals surface area (Å²) in [6.07, 6.45) is 0. The van der Waals surface area contributed by atoms with Gasteiger partial charge in [-0.15, -0.1) is 0 Å². The number of rotatable bonds is 3. The summed E-state index contributed by atoms with van der Waals surface area (Å²) in [5.41, 5.74) is 4.98. The van der Waals surface area contributed by atoms with Gasteiger partial charge in [-0.05, 0) is 6.92 Å². The lowest BCUT2D eigenvalue weighted by Gasteiger charge is -2.30. The third-order valence-electron chi connectivity index (χ3n) is 2.82. The molecular formula is C10H14N4O2. The topological polar surface area (TPSA) is 103 Å². The summed E-state index contributed by atoms with van der Waals surface area (Å²) in [4.78, 5) is 13.3. The molecule has 1 amide bonds. The Kier molecular flexibility index (Phi) is 3.83. The Labute approximate surface area is 94.2 Å². The molecule has 86 valence electrons. The number of carbonyl (C=O) groups is 1.